The number of hydrogen-bond donors (Lipinski definition) is 3. The van der Waals surface area contributed by atoms with Crippen molar-refractivity contribution in [1.29, 1.82) is 0 Å². The summed E-state index contributed by atoms with van der Waals surface area (Å²) in [5.41, 5.74) is 10.0. The maximum absolute atomic E-state index is 12.6. The Morgan fingerprint density at radius 1 is 1.16 bits per heavy atom. The molecule has 0 aliphatic carbocycles. The summed E-state index contributed by atoms with van der Waals surface area (Å²) in [5.74, 6) is -0.143. The number of nitrogens with zero attached hydrogens (tertiary/aromatic N) is 3. The van der Waals surface area contributed by atoms with E-state index in [1.807, 2.05) is 19.1 Å². The van der Waals surface area contributed by atoms with Gasteiger partial charge in [0, 0.05) is 56.0 Å². The van der Waals surface area contributed by atoms with Gasteiger partial charge in [0.05, 0.1) is 12.3 Å². The highest BCUT2D eigenvalue weighted by atomic mass is 32.1. The lowest BCUT2D eigenvalue weighted by Gasteiger charge is -2.35. The molecule has 8 heteroatoms. The van der Waals surface area contributed by atoms with Crippen LogP contribution in [0.1, 0.15) is 20.9 Å². The fourth-order valence-corrected chi connectivity index (χ4v) is 4.96. The Morgan fingerprint density at radius 3 is 2.61 bits per heavy atom. The summed E-state index contributed by atoms with van der Waals surface area (Å²) >= 11 is 1.34. The van der Waals surface area contributed by atoms with E-state index in [1.165, 1.54) is 22.6 Å². The van der Waals surface area contributed by atoms with Crippen molar-refractivity contribution in [3.63, 3.8) is 0 Å². The topological polar surface area (TPSA) is 94.7 Å². The van der Waals surface area contributed by atoms with Crippen molar-refractivity contribution in [2.24, 2.45) is 0 Å². The number of carbonyl (C=O) groups is 1. The summed E-state index contributed by atoms with van der Waals surface area (Å²) in [5, 5.41) is 12.9. The van der Waals surface area contributed by atoms with Crippen LogP contribution in [-0.4, -0.2) is 66.8 Å². The Labute approximate surface area is 186 Å². The number of anilines is 2. The second-order valence-corrected chi connectivity index (χ2v) is 8.87. The normalized spacial score (nSPS) is 14.8. The van der Waals surface area contributed by atoms with E-state index in [2.05, 4.69) is 44.4 Å². The quantitative estimate of drug-likeness (QED) is 0.523. The molecule has 4 N–H and O–H groups in total. The highest BCUT2D eigenvalue weighted by Gasteiger charge is 2.18. The van der Waals surface area contributed by atoms with Gasteiger partial charge < -0.3 is 21.1 Å². The van der Waals surface area contributed by atoms with Crippen molar-refractivity contribution in [2.75, 3.05) is 56.5 Å². The number of piperazine rings is 1. The molecule has 1 fully saturated rings. The van der Waals surface area contributed by atoms with Gasteiger partial charge in [0.1, 0.15) is 9.71 Å². The zero-order chi connectivity index (χ0) is 21.8. The molecule has 0 spiro atoms. The molecule has 4 rings (SSSR count). The molecule has 0 unspecified atom stereocenters. The molecular weight excluding hydrogens is 410 g/mol. The zero-order valence-electron chi connectivity index (χ0n) is 17.8. The van der Waals surface area contributed by atoms with Gasteiger partial charge in [0.2, 0.25) is 0 Å². The van der Waals surface area contributed by atoms with E-state index in [4.69, 9.17) is 10.8 Å². The van der Waals surface area contributed by atoms with Gasteiger partial charge in [-0.1, -0.05) is 12.1 Å². The van der Waals surface area contributed by atoms with Crippen LogP contribution in [0.25, 0.3) is 10.2 Å². The Hall–Kier alpha value is -2.68. The minimum absolute atomic E-state index is 0.143. The van der Waals surface area contributed by atoms with E-state index >= 15 is 0 Å². The predicted octanol–water partition coefficient (Wildman–Crippen LogP) is 2.27. The number of benzene rings is 1. The zero-order valence-corrected chi connectivity index (χ0v) is 18.6. The van der Waals surface area contributed by atoms with Gasteiger partial charge >= 0.3 is 0 Å². The third kappa shape index (κ3) is 4.98. The maximum Gasteiger partial charge on any atom is 0.263 e. The first-order valence-corrected chi connectivity index (χ1v) is 11.5. The van der Waals surface area contributed by atoms with Crippen molar-refractivity contribution >= 4 is 38.8 Å². The molecule has 0 saturated carbocycles. The molecule has 0 bridgehead atoms. The third-order valence-electron chi connectivity index (χ3n) is 5.73. The molecule has 1 saturated heterocycles. The molecule has 1 amide bonds. The summed E-state index contributed by atoms with van der Waals surface area (Å²) in [6, 6.07) is 12.4. The van der Waals surface area contributed by atoms with Crippen molar-refractivity contribution < 1.29 is 9.90 Å². The minimum atomic E-state index is -0.143. The molecule has 3 heterocycles. The Kier molecular flexibility index (Phi) is 6.70. The number of aromatic nitrogens is 1. The molecular formula is C23H29N5O2S. The van der Waals surface area contributed by atoms with E-state index in [0.717, 1.165) is 55.1 Å². The average Bonchev–Trinajstić information content (AvgIpc) is 3.10. The van der Waals surface area contributed by atoms with Gasteiger partial charge in [-0.05, 0) is 43.2 Å². The lowest BCUT2D eigenvalue weighted by atomic mass is 10.1. The van der Waals surface area contributed by atoms with E-state index in [-0.39, 0.29) is 12.5 Å². The molecule has 1 aliphatic rings. The smallest absolute Gasteiger partial charge is 0.263 e. The number of hydrogen-bond acceptors (Lipinski definition) is 7. The van der Waals surface area contributed by atoms with Crippen LogP contribution < -0.4 is 16.0 Å². The van der Waals surface area contributed by atoms with Crippen molar-refractivity contribution in [3.8, 4) is 0 Å². The fraction of sp³-hybridized carbons (Fsp3) is 0.391. The summed E-state index contributed by atoms with van der Waals surface area (Å²) in [7, 11) is 0. The Balaban J connectivity index is 1.29. The lowest BCUT2D eigenvalue weighted by Crippen LogP contribution is -2.47. The highest BCUT2D eigenvalue weighted by molar-refractivity contribution is 7.21. The SMILES string of the molecule is Cc1ccc2c(N)c(C(=O)NCCc3ccc(N4CCN(CCO)CC4)cc3)sc2n1. The number of β-amino-alcohol motifs (C(OH)–C–C–N with tert-alkyl or cyclic N) is 1. The number of nitrogen functional groups attached to an aromatic ring is 1. The van der Waals surface area contributed by atoms with E-state index in [9.17, 15) is 4.79 Å². The first-order chi connectivity index (χ1) is 15.0. The van der Waals surface area contributed by atoms with Gasteiger partial charge in [0.25, 0.3) is 5.91 Å². The number of aliphatic hydroxyl groups excluding tert-OH is 1. The number of rotatable bonds is 7. The van der Waals surface area contributed by atoms with Gasteiger partial charge in [0.15, 0.2) is 0 Å². The van der Waals surface area contributed by atoms with E-state index in [0.29, 0.717) is 17.1 Å². The summed E-state index contributed by atoms with van der Waals surface area (Å²) in [6.45, 7) is 7.35. The van der Waals surface area contributed by atoms with Crippen LogP contribution in [-0.2, 0) is 6.42 Å². The molecule has 3 aromatic rings. The van der Waals surface area contributed by atoms with Crippen molar-refractivity contribution in [3.05, 3.63) is 52.5 Å². The lowest BCUT2D eigenvalue weighted by molar-refractivity contribution is 0.0959. The number of aryl methyl sites for hydroxylation is 1. The van der Waals surface area contributed by atoms with Crippen LogP contribution in [0.5, 0.6) is 0 Å². The number of nitrogens with one attached hydrogen (secondary N) is 1. The number of aliphatic hydroxyl groups is 1. The van der Waals surface area contributed by atoms with Gasteiger partial charge in [-0.3, -0.25) is 9.69 Å². The van der Waals surface area contributed by atoms with Gasteiger partial charge in [-0.15, -0.1) is 11.3 Å². The molecule has 1 aliphatic heterocycles. The molecule has 31 heavy (non-hydrogen) atoms. The Bertz CT molecular complexity index is 1040. The minimum Gasteiger partial charge on any atom is -0.397 e. The number of pyridine rings is 1. The average molecular weight is 440 g/mol. The van der Waals surface area contributed by atoms with E-state index in [1.54, 1.807) is 0 Å². The van der Waals surface area contributed by atoms with Crippen LogP contribution >= 0.6 is 11.3 Å². The number of carbonyl (C=O) groups excluding carboxylic acids is 1. The largest absolute Gasteiger partial charge is 0.397 e. The number of nitrogens with two attached hydrogens (primary N) is 1. The fourth-order valence-electron chi connectivity index (χ4n) is 3.90. The van der Waals surface area contributed by atoms with Crippen LogP contribution in [0.3, 0.4) is 0 Å². The van der Waals surface area contributed by atoms with Crippen molar-refractivity contribution in [1.82, 2.24) is 15.2 Å². The van der Waals surface area contributed by atoms with E-state index < -0.39 is 0 Å². The molecule has 164 valence electrons. The van der Waals surface area contributed by atoms with Crippen LogP contribution in [0.4, 0.5) is 11.4 Å². The monoisotopic (exact) mass is 439 g/mol. The second-order valence-electron chi connectivity index (χ2n) is 7.87. The Morgan fingerprint density at radius 2 is 1.90 bits per heavy atom. The van der Waals surface area contributed by atoms with Gasteiger partial charge in [-0.2, -0.15) is 0 Å². The molecule has 1 aromatic carbocycles. The first-order valence-electron chi connectivity index (χ1n) is 10.7. The maximum atomic E-state index is 12.6. The molecule has 2 aromatic heterocycles. The first kappa shape index (κ1) is 21.5. The standard InChI is InChI=1S/C23H29N5O2S/c1-16-2-7-19-20(24)21(31-23(19)26-16)22(30)25-9-8-17-3-5-18(6-4-17)28-12-10-27(11-13-28)14-15-29/h2-7,29H,8-15,24H2,1H3,(H,25,30). The molecule has 0 radical (unpaired) electrons. The summed E-state index contributed by atoms with van der Waals surface area (Å²) in [4.78, 5) is 23.1. The van der Waals surface area contributed by atoms with Crippen LogP contribution in [0, 0.1) is 6.92 Å². The van der Waals surface area contributed by atoms with Crippen LogP contribution in [0.15, 0.2) is 36.4 Å². The second kappa shape index (κ2) is 9.64. The third-order valence-corrected chi connectivity index (χ3v) is 6.84. The highest BCUT2D eigenvalue weighted by Crippen LogP contribution is 2.32. The predicted molar refractivity (Wildman–Crippen MR) is 127 cm³/mol. The van der Waals surface area contributed by atoms with Crippen molar-refractivity contribution in [2.45, 2.75) is 13.3 Å². The van der Waals surface area contributed by atoms with Gasteiger partial charge in [-0.25, -0.2) is 4.98 Å². The number of thiophene rings is 1. The number of amides is 1. The molecule has 7 nitrogen and oxygen atoms in total. The van der Waals surface area contributed by atoms with Crippen LogP contribution in [0.2, 0.25) is 0 Å². The summed E-state index contributed by atoms with van der Waals surface area (Å²) < 4.78 is 0. The summed E-state index contributed by atoms with van der Waals surface area (Å²) in [6.07, 6.45) is 0.762. The number of fused-ring (bicyclic) bond motifs is 1. The molecule has 0 atom stereocenters.